The standard InChI is InChI=1S/C16H27N3O2S/c1-16(2,3)21-15(20)19-10-14(12-6-4-5-7-12)18-9-13-8-17-11-22-13/h8,11-12,14,18H,4-7,9-10H2,1-3H3,(H,19,20). The SMILES string of the molecule is CC(C)(C)OC(=O)NCC(NCc1cncs1)C1CCCC1. The predicted molar refractivity (Wildman–Crippen MR) is 88.9 cm³/mol. The van der Waals surface area contributed by atoms with Crippen molar-refractivity contribution in [3.63, 3.8) is 0 Å². The van der Waals surface area contributed by atoms with Crippen LogP contribution in [0.15, 0.2) is 11.7 Å². The van der Waals surface area contributed by atoms with Crippen molar-refractivity contribution in [1.82, 2.24) is 15.6 Å². The van der Waals surface area contributed by atoms with Crippen LogP contribution in [0.4, 0.5) is 4.79 Å². The van der Waals surface area contributed by atoms with Crippen LogP contribution in [0.25, 0.3) is 0 Å². The van der Waals surface area contributed by atoms with Crippen LogP contribution in [0.1, 0.15) is 51.3 Å². The molecule has 0 radical (unpaired) electrons. The first-order chi connectivity index (χ1) is 10.4. The number of ether oxygens (including phenoxy) is 1. The van der Waals surface area contributed by atoms with E-state index in [1.165, 1.54) is 30.6 Å². The Bertz CT molecular complexity index is 450. The number of carbonyl (C=O) groups is 1. The summed E-state index contributed by atoms with van der Waals surface area (Å²) in [6.07, 6.45) is 6.60. The molecule has 1 aliphatic carbocycles. The maximum absolute atomic E-state index is 11.8. The predicted octanol–water partition coefficient (Wildman–Crippen LogP) is 3.32. The van der Waals surface area contributed by atoms with E-state index in [1.54, 1.807) is 11.3 Å². The fourth-order valence-corrected chi connectivity index (χ4v) is 3.38. The van der Waals surface area contributed by atoms with Crippen LogP contribution < -0.4 is 10.6 Å². The monoisotopic (exact) mass is 325 g/mol. The Labute approximate surface area is 136 Å². The van der Waals surface area contributed by atoms with Gasteiger partial charge in [-0.05, 0) is 39.5 Å². The number of rotatable bonds is 6. The number of amides is 1. The lowest BCUT2D eigenvalue weighted by Crippen LogP contribution is -2.45. The van der Waals surface area contributed by atoms with Crippen molar-refractivity contribution in [2.24, 2.45) is 5.92 Å². The molecule has 0 saturated heterocycles. The zero-order valence-electron chi connectivity index (χ0n) is 13.7. The molecule has 6 heteroatoms. The Morgan fingerprint density at radius 3 is 2.77 bits per heavy atom. The van der Waals surface area contributed by atoms with Crippen molar-refractivity contribution < 1.29 is 9.53 Å². The molecule has 0 aromatic carbocycles. The molecule has 1 saturated carbocycles. The summed E-state index contributed by atoms with van der Waals surface area (Å²) in [6.45, 7) is 7.05. The molecule has 124 valence electrons. The highest BCUT2D eigenvalue weighted by Crippen LogP contribution is 2.27. The van der Waals surface area contributed by atoms with Gasteiger partial charge in [-0.2, -0.15) is 0 Å². The van der Waals surface area contributed by atoms with Gasteiger partial charge < -0.3 is 15.4 Å². The van der Waals surface area contributed by atoms with Gasteiger partial charge in [-0.15, -0.1) is 11.3 Å². The highest BCUT2D eigenvalue weighted by atomic mass is 32.1. The van der Waals surface area contributed by atoms with E-state index in [-0.39, 0.29) is 12.1 Å². The molecule has 1 aliphatic rings. The van der Waals surface area contributed by atoms with E-state index >= 15 is 0 Å². The van der Waals surface area contributed by atoms with E-state index in [4.69, 9.17) is 4.74 Å². The van der Waals surface area contributed by atoms with Gasteiger partial charge in [-0.3, -0.25) is 4.98 Å². The van der Waals surface area contributed by atoms with E-state index in [9.17, 15) is 4.79 Å². The average molecular weight is 325 g/mol. The van der Waals surface area contributed by atoms with E-state index in [2.05, 4.69) is 15.6 Å². The molecule has 1 aromatic heterocycles. The summed E-state index contributed by atoms with van der Waals surface area (Å²) in [6, 6.07) is 0.289. The topological polar surface area (TPSA) is 63.2 Å². The van der Waals surface area contributed by atoms with Gasteiger partial charge in [0.15, 0.2) is 0 Å². The molecule has 0 aliphatic heterocycles. The zero-order valence-corrected chi connectivity index (χ0v) is 14.5. The van der Waals surface area contributed by atoms with Crippen LogP contribution >= 0.6 is 11.3 Å². The third-order valence-corrected chi connectivity index (χ3v) is 4.64. The van der Waals surface area contributed by atoms with Crippen LogP contribution in [0.3, 0.4) is 0 Å². The molecule has 1 fully saturated rings. The average Bonchev–Trinajstić information content (AvgIpc) is 3.09. The lowest BCUT2D eigenvalue weighted by atomic mass is 9.98. The van der Waals surface area contributed by atoms with Crippen molar-refractivity contribution >= 4 is 17.4 Å². The second-order valence-corrected chi connectivity index (χ2v) is 7.85. The Kier molecular flexibility index (Phi) is 6.20. The van der Waals surface area contributed by atoms with Gasteiger partial charge in [0.1, 0.15) is 5.60 Å². The van der Waals surface area contributed by atoms with Crippen LogP contribution in [-0.4, -0.2) is 29.3 Å². The first-order valence-corrected chi connectivity index (χ1v) is 8.89. The van der Waals surface area contributed by atoms with Gasteiger partial charge in [0, 0.05) is 30.2 Å². The maximum Gasteiger partial charge on any atom is 0.407 e. The second kappa shape index (κ2) is 7.92. The normalized spacial score (nSPS) is 17.4. The molecule has 2 N–H and O–H groups in total. The molecule has 1 aromatic rings. The van der Waals surface area contributed by atoms with Gasteiger partial charge in [-0.1, -0.05) is 12.8 Å². The van der Waals surface area contributed by atoms with Gasteiger partial charge in [0.2, 0.25) is 0 Å². The molecule has 1 atom stereocenters. The summed E-state index contributed by atoms with van der Waals surface area (Å²) in [5, 5.41) is 6.49. The molecule has 1 amide bonds. The molecular weight excluding hydrogens is 298 g/mol. The quantitative estimate of drug-likeness (QED) is 0.842. The number of aromatic nitrogens is 1. The highest BCUT2D eigenvalue weighted by molar-refractivity contribution is 7.09. The van der Waals surface area contributed by atoms with Crippen LogP contribution in [-0.2, 0) is 11.3 Å². The minimum Gasteiger partial charge on any atom is -0.444 e. The molecule has 2 rings (SSSR count). The van der Waals surface area contributed by atoms with E-state index in [0.717, 1.165) is 6.54 Å². The number of nitrogens with zero attached hydrogens (tertiary/aromatic N) is 1. The van der Waals surface area contributed by atoms with Gasteiger partial charge in [0.25, 0.3) is 0 Å². The summed E-state index contributed by atoms with van der Waals surface area (Å²) in [5.74, 6) is 0.628. The molecule has 1 unspecified atom stereocenters. The maximum atomic E-state index is 11.8. The minimum absolute atomic E-state index is 0.289. The lowest BCUT2D eigenvalue weighted by Gasteiger charge is -2.26. The zero-order chi connectivity index (χ0) is 16.0. The van der Waals surface area contributed by atoms with E-state index in [1.807, 2.05) is 32.5 Å². The minimum atomic E-state index is -0.455. The van der Waals surface area contributed by atoms with E-state index in [0.29, 0.717) is 12.5 Å². The lowest BCUT2D eigenvalue weighted by molar-refractivity contribution is 0.0518. The summed E-state index contributed by atoms with van der Waals surface area (Å²) >= 11 is 1.65. The van der Waals surface area contributed by atoms with Crippen molar-refractivity contribution in [3.05, 3.63) is 16.6 Å². The van der Waals surface area contributed by atoms with Crippen molar-refractivity contribution in [3.8, 4) is 0 Å². The summed E-state index contributed by atoms with van der Waals surface area (Å²) in [4.78, 5) is 17.2. The number of hydrogen-bond acceptors (Lipinski definition) is 5. The van der Waals surface area contributed by atoms with Gasteiger partial charge in [-0.25, -0.2) is 4.79 Å². The van der Waals surface area contributed by atoms with Crippen LogP contribution in [0, 0.1) is 5.92 Å². The number of alkyl carbamates (subject to hydrolysis) is 1. The third kappa shape index (κ3) is 5.93. The van der Waals surface area contributed by atoms with Crippen molar-refractivity contribution in [2.75, 3.05) is 6.54 Å². The van der Waals surface area contributed by atoms with Crippen LogP contribution in [0.5, 0.6) is 0 Å². The highest BCUT2D eigenvalue weighted by Gasteiger charge is 2.26. The fourth-order valence-electron chi connectivity index (χ4n) is 2.83. The van der Waals surface area contributed by atoms with Crippen molar-refractivity contribution in [2.45, 2.75) is 64.6 Å². The summed E-state index contributed by atoms with van der Waals surface area (Å²) < 4.78 is 5.32. The largest absolute Gasteiger partial charge is 0.444 e. The van der Waals surface area contributed by atoms with E-state index < -0.39 is 5.60 Å². The number of thiazole rings is 1. The van der Waals surface area contributed by atoms with Gasteiger partial charge in [0.05, 0.1) is 5.51 Å². The Balaban J connectivity index is 1.83. The molecule has 5 nitrogen and oxygen atoms in total. The first kappa shape index (κ1) is 17.2. The number of hydrogen-bond donors (Lipinski definition) is 2. The number of carbonyl (C=O) groups excluding carboxylic acids is 1. The summed E-state index contributed by atoms with van der Waals surface area (Å²) in [7, 11) is 0. The molecule has 1 heterocycles. The second-order valence-electron chi connectivity index (χ2n) is 6.88. The molecule has 0 spiro atoms. The third-order valence-electron chi connectivity index (χ3n) is 3.86. The van der Waals surface area contributed by atoms with Crippen LogP contribution in [0.2, 0.25) is 0 Å². The number of nitrogens with one attached hydrogen (secondary N) is 2. The summed E-state index contributed by atoms with van der Waals surface area (Å²) in [5.41, 5.74) is 1.39. The molecule has 22 heavy (non-hydrogen) atoms. The Morgan fingerprint density at radius 1 is 1.45 bits per heavy atom. The fraction of sp³-hybridized carbons (Fsp3) is 0.750. The smallest absolute Gasteiger partial charge is 0.407 e. The first-order valence-electron chi connectivity index (χ1n) is 8.01. The molecular formula is C16H27N3O2S. The molecule has 0 bridgehead atoms. The Morgan fingerprint density at radius 2 is 2.18 bits per heavy atom. The Hall–Kier alpha value is -1.14. The van der Waals surface area contributed by atoms with Gasteiger partial charge >= 0.3 is 6.09 Å². The van der Waals surface area contributed by atoms with Crippen molar-refractivity contribution in [1.29, 1.82) is 0 Å².